The molecule has 0 amide bonds. The second-order valence-corrected chi connectivity index (χ2v) is 11.9. The Morgan fingerprint density at radius 3 is 1.83 bits per heavy atom. The topological polar surface area (TPSA) is 62.5 Å². The highest BCUT2D eigenvalue weighted by Gasteiger charge is 2.17. The van der Waals surface area contributed by atoms with Gasteiger partial charge in [0.2, 0.25) is 0 Å². The van der Waals surface area contributed by atoms with Crippen molar-refractivity contribution in [3.63, 3.8) is 0 Å². The van der Waals surface area contributed by atoms with Gasteiger partial charge in [0, 0.05) is 38.2 Å². The number of aliphatic imine (C=N–C) groups is 1. The lowest BCUT2D eigenvalue weighted by Crippen LogP contribution is -2.08. The van der Waals surface area contributed by atoms with Gasteiger partial charge in [0.15, 0.2) is 5.84 Å². The minimum Gasteiger partial charge on any atom is -0.456 e. The Kier molecular flexibility index (Phi) is 6.58. The molecule has 0 aliphatic rings. The van der Waals surface area contributed by atoms with E-state index < -0.39 is 0 Å². The fraction of sp³-hybridized carbons (Fsp3) is 0. The zero-order valence-electron chi connectivity index (χ0n) is 25.9. The number of fused-ring (bicyclic) bond motifs is 6. The normalized spacial score (nSPS) is 12.0. The maximum atomic E-state index is 9.21. The number of hydrogen-bond donors (Lipinski definition) is 1. The van der Waals surface area contributed by atoms with Gasteiger partial charge in [0.25, 0.3) is 0 Å². The van der Waals surface area contributed by atoms with Crippen LogP contribution in [0.2, 0.25) is 0 Å². The van der Waals surface area contributed by atoms with Crippen molar-refractivity contribution < 1.29 is 8.83 Å². The first-order chi connectivity index (χ1) is 23.7. The van der Waals surface area contributed by atoms with E-state index in [1.165, 1.54) is 0 Å². The first kappa shape index (κ1) is 27.8. The molecule has 0 atom stereocenters. The van der Waals surface area contributed by atoms with Crippen molar-refractivity contribution in [2.75, 3.05) is 0 Å². The molecule has 0 spiro atoms. The number of rotatable bonds is 5. The monoisotopic (exact) mass is 616 g/mol. The van der Waals surface area contributed by atoms with Gasteiger partial charge in [0.1, 0.15) is 22.3 Å². The van der Waals surface area contributed by atoms with Crippen LogP contribution in [0, 0.1) is 5.41 Å². The van der Waals surface area contributed by atoms with Crippen LogP contribution in [0.15, 0.2) is 178 Å². The Bertz CT molecular complexity index is 2660. The van der Waals surface area contributed by atoms with Gasteiger partial charge < -0.3 is 8.83 Å². The molecule has 0 saturated carbocycles. The van der Waals surface area contributed by atoms with Crippen LogP contribution < -0.4 is 0 Å². The number of amidine groups is 1. The molecule has 1 N–H and O–H groups in total. The third-order valence-electron chi connectivity index (χ3n) is 8.99. The molecule has 4 nitrogen and oxygen atoms in total. The van der Waals surface area contributed by atoms with Gasteiger partial charge in [-0.25, -0.2) is 4.99 Å². The van der Waals surface area contributed by atoms with Gasteiger partial charge in [-0.2, -0.15) is 0 Å². The number of nitrogens with zero attached hydrogens (tertiary/aromatic N) is 1. The van der Waals surface area contributed by atoms with Crippen LogP contribution in [0.4, 0.5) is 0 Å². The molecule has 0 bridgehead atoms. The molecule has 7 aromatic carbocycles. The molecule has 0 radical (unpaired) electrons. The average molecular weight is 617 g/mol. The second kappa shape index (κ2) is 11.4. The zero-order chi connectivity index (χ0) is 32.0. The molecule has 0 fully saturated rings. The van der Waals surface area contributed by atoms with Crippen LogP contribution in [-0.2, 0) is 0 Å². The summed E-state index contributed by atoms with van der Waals surface area (Å²) >= 11 is 0. The first-order valence-electron chi connectivity index (χ1n) is 16.0. The lowest BCUT2D eigenvalue weighted by molar-refractivity contribution is 0.668. The molecule has 9 rings (SSSR count). The van der Waals surface area contributed by atoms with Gasteiger partial charge in [-0.15, -0.1) is 0 Å². The quantitative estimate of drug-likeness (QED) is 0.154. The molecule has 48 heavy (non-hydrogen) atoms. The lowest BCUT2D eigenvalue weighted by atomic mass is 9.95. The van der Waals surface area contributed by atoms with Crippen molar-refractivity contribution >= 4 is 55.4 Å². The van der Waals surface area contributed by atoms with Crippen LogP contribution >= 0.6 is 0 Å². The maximum Gasteiger partial charge on any atom is 0.152 e. The molecule has 0 unspecified atom stereocenters. The van der Waals surface area contributed by atoms with Crippen LogP contribution in [-0.4, -0.2) is 11.5 Å². The van der Waals surface area contributed by atoms with Crippen LogP contribution in [0.25, 0.3) is 66.1 Å². The van der Waals surface area contributed by atoms with E-state index in [0.717, 1.165) is 77.3 Å². The predicted octanol–water partition coefficient (Wildman–Crippen LogP) is 11.7. The van der Waals surface area contributed by atoms with E-state index in [4.69, 9.17) is 13.8 Å². The Morgan fingerprint density at radius 2 is 1.02 bits per heavy atom. The fourth-order valence-corrected chi connectivity index (χ4v) is 6.63. The standard InChI is InChI=1S/C44H28N2O2/c45-44(33-22-24-36-35-14-7-8-16-38(35)48-41(36)27-33)46-43(31-20-18-29(19-21-31)28-10-3-1-4-11-28)32-23-25-39-37(26-32)42-34(15-9-17-40(42)47-39)30-12-5-2-6-13-30/h1-27,45H. The fourth-order valence-electron chi connectivity index (χ4n) is 6.63. The molecular formula is C44H28N2O2. The summed E-state index contributed by atoms with van der Waals surface area (Å²) in [5.41, 5.74) is 10.9. The number of nitrogens with one attached hydrogen (secondary N) is 1. The van der Waals surface area contributed by atoms with Crippen molar-refractivity contribution in [1.29, 1.82) is 5.41 Å². The Hall–Kier alpha value is -6.52. The smallest absolute Gasteiger partial charge is 0.152 e. The number of benzene rings is 7. The van der Waals surface area contributed by atoms with E-state index in [-0.39, 0.29) is 5.84 Å². The largest absolute Gasteiger partial charge is 0.456 e. The summed E-state index contributed by atoms with van der Waals surface area (Å²) in [4.78, 5) is 5.03. The molecule has 0 aliphatic carbocycles. The third-order valence-corrected chi connectivity index (χ3v) is 8.99. The van der Waals surface area contributed by atoms with Crippen LogP contribution in [0.1, 0.15) is 16.7 Å². The van der Waals surface area contributed by atoms with Crippen LogP contribution in [0.5, 0.6) is 0 Å². The molecular weight excluding hydrogens is 588 g/mol. The molecule has 0 saturated heterocycles. The maximum absolute atomic E-state index is 9.21. The third kappa shape index (κ3) is 4.79. The van der Waals surface area contributed by atoms with E-state index in [1.807, 2.05) is 84.9 Å². The van der Waals surface area contributed by atoms with E-state index in [2.05, 4.69) is 78.9 Å². The summed E-state index contributed by atoms with van der Waals surface area (Å²) in [6.07, 6.45) is 0. The Morgan fingerprint density at radius 1 is 0.417 bits per heavy atom. The minimum absolute atomic E-state index is 0.154. The summed E-state index contributed by atoms with van der Waals surface area (Å²) in [5.74, 6) is 0.154. The summed E-state index contributed by atoms with van der Waals surface area (Å²) in [7, 11) is 0. The van der Waals surface area contributed by atoms with E-state index in [9.17, 15) is 5.41 Å². The average Bonchev–Trinajstić information content (AvgIpc) is 3.72. The molecule has 0 aliphatic heterocycles. The summed E-state index contributed by atoms with van der Waals surface area (Å²) in [5, 5.41) is 13.4. The van der Waals surface area contributed by atoms with Gasteiger partial charge in [-0.3, -0.25) is 5.41 Å². The van der Waals surface area contributed by atoms with Crippen molar-refractivity contribution in [2.24, 2.45) is 4.99 Å². The minimum atomic E-state index is 0.154. The lowest BCUT2D eigenvalue weighted by Gasteiger charge is -2.11. The van der Waals surface area contributed by atoms with E-state index >= 15 is 0 Å². The number of hydrogen-bond acceptors (Lipinski definition) is 3. The first-order valence-corrected chi connectivity index (χ1v) is 16.0. The molecule has 226 valence electrons. The molecule has 9 aromatic rings. The van der Waals surface area contributed by atoms with E-state index in [1.54, 1.807) is 0 Å². The summed E-state index contributed by atoms with van der Waals surface area (Å²) in [6.45, 7) is 0. The second-order valence-electron chi connectivity index (χ2n) is 11.9. The van der Waals surface area contributed by atoms with Crippen molar-refractivity contribution in [3.8, 4) is 22.3 Å². The Labute approximate surface area is 276 Å². The number of para-hydroxylation sites is 1. The predicted molar refractivity (Wildman–Crippen MR) is 197 cm³/mol. The van der Waals surface area contributed by atoms with Crippen LogP contribution in [0.3, 0.4) is 0 Å². The van der Waals surface area contributed by atoms with Gasteiger partial charge in [-0.05, 0) is 64.7 Å². The SMILES string of the molecule is N=C(N=C(c1ccc(-c2ccccc2)cc1)c1ccc2oc3cccc(-c4ccccc4)c3c2c1)c1ccc2c(c1)oc1ccccc12. The van der Waals surface area contributed by atoms with Crippen molar-refractivity contribution in [1.82, 2.24) is 0 Å². The highest BCUT2D eigenvalue weighted by atomic mass is 16.3. The van der Waals surface area contributed by atoms with E-state index in [0.29, 0.717) is 11.3 Å². The van der Waals surface area contributed by atoms with Gasteiger partial charge in [0.05, 0.1) is 5.71 Å². The van der Waals surface area contributed by atoms with Crippen molar-refractivity contribution in [2.45, 2.75) is 0 Å². The zero-order valence-corrected chi connectivity index (χ0v) is 25.9. The summed E-state index contributed by atoms with van der Waals surface area (Å²) in [6, 6.07) is 55.4. The highest BCUT2D eigenvalue weighted by molar-refractivity contribution is 6.22. The summed E-state index contributed by atoms with van der Waals surface area (Å²) < 4.78 is 12.5. The molecule has 4 heteroatoms. The molecule has 2 heterocycles. The Balaban J connectivity index is 1.20. The van der Waals surface area contributed by atoms with Crippen molar-refractivity contribution in [3.05, 3.63) is 180 Å². The highest BCUT2D eigenvalue weighted by Crippen LogP contribution is 2.37. The number of furan rings is 2. The van der Waals surface area contributed by atoms with Gasteiger partial charge >= 0.3 is 0 Å². The van der Waals surface area contributed by atoms with Gasteiger partial charge in [-0.1, -0.05) is 121 Å². The molecule has 2 aromatic heterocycles.